The highest BCUT2D eigenvalue weighted by Crippen LogP contribution is 2.19. The summed E-state index contributed by atoms with van der Waals surface area (Å²) in [6, 6.07) is 7.60. The van der Waals surface area contributed by atoms with Gasteiger partial charge in [-0.25, -0.2) is 4.98 Å². The molecule has 0 aliphatic carbocycles. The van der Waals surface area contributed by atoms with Gasteiger partial charge in [-0.3, -0.25) is 4.79 Å². The van der Waals surface area contributed by atoms with Crippen LogP contribution in [0.3, 0.4) is 0 Å². The summed E-state index contributed by atoms with van der Waals surface area (Å²) in [7, 11) is 1.55. The molecule has 2 unspecified atom stereocenters. The summed E-state index contributed by atoms with van der Waals surface area (Å²) >= 11 is 0. The molecule has 1 aromatic carbocycles. The Morgan fingerprint density at radius 2 is 2.20 bits per heavy atom. The normalized spacial score (nSPS) is 15.8. The van der Waals surface area contributed by atoms with E-state index in [9.17, 15) is 4.79 Å². The molecule has 2 N–H and O–H groups in total. The van der Waals surface area contributed by atoms with E-state index in [-0.39, 0.29) is 11.9 Å². The van der Waals surface area contributed by atoms with Crippen molar-refractivity contribution in [1.82, 2.24) is 15.3 Å². The van der Waals surface area contributed by atoms with Crippen LogP contribution in [0, 0.1) is 0 Å². The number of carbonyl (C=O) groups excluding carboxylic acids is 1. The maximum Gasteiger partial charge on any atom is 0.252 e. The second-order valence-corrected chi connectivity index (χ2v) is 5.12. The zero-order valence-electron chi connectivity index (χ0n) is 12.4. The number of aromatic amines is 1. The summed E-state index contributed by atoms with van der Waals surface area (Å²) in [6.45, 7) is 5.62. The number of rotatable bonds is 5. The molecule has 5 heteroatoms. The Morgan fingerprint density at radius 3 is 2.80 bits per heavy atom. The molecule has 1 heterocycles. The lowest BCUT2D eigenvalue weighted by Gasteiger charge is -2.26. The minimum Gasteiger partial charge on any atom is -0.369 e. The fourth-order valence-electron chi connectivity index (χ4n) is 1.99. The van der Waals surface area contributed by atoms with Crippen molar-refractivity contribution in [1.29, 1.82) is 0 Å². The van der Waals surface area contributed by atoms with Gasteiger partial charge in [0.2, 0.25) is 0 Å². The molecule has 0 spiro atoms. The number of H-pyrrole nitrogens is 1. The number of imidazole rings is 1. The first-order valence-electron chi connectivity index (χ1n) is 6.81. The lowest BCUT2D eigenvalue weighted by Crippen LogP contribution is -2.46. The quantitative estimate of drug-likeness (QED) is 0.881. The van der Waals surface area contributed by atoms with Crippen molar-refractivity contribution in [3.63, 3.8) is 0 Å². The van der Waals surface area contributed by atoms with Gasteiger partial charge in [0, 0.05) is 7.11 Å². The van der Waals surface area contributed by atoms with E-state index in [0.29, 0.717) is 6.42 Å². The number of amides is 1. The molecule has 0 bridgehead atoms. The van der Waals surface area contributed by atoms with Crippen LogP contribution in [0.4, 0.5) is 0 Å². The Morgan fingerprint density at radius 1 is 1.50 bits per heavy atom. The van der Waals surface area contributed by atoms with E-state index in [4.69, 9.17) is 4.74 Å². The topological polar surface area (TPSA) is 67.0 Å². The minimum atomic E-state index is -0.805. The van der Waals surface area contributed by atoms with Gasteiger partial charge >= 0.3 is 0 Å². The molecular weight excluding hydrogens is 254 g/mol. The lowest BCUT2D eigenvalue weighted by molar-refractivity contribution is -0.142. The number of ether oxygens (including phenoxy) is 1. The molecule has 0 aliphatic heterocycles. The first kappa shape index (κ1) is 14.5. The van der Waals surface area contributed by atoms with Crippen LogP contribution < -0.4 is 5.32 Å². The van der Waals surface area contributed by atoms with E-state index in [1.54, 1.807) is 14.0 Å². The van der Waals surface area contributed by atoms with Crippen molar-refractivity contribution in [3.8, 4) is 0 Å². The summed E-state index contributed by atoms with van der Waals surface area (Å²) < 4.78 is 5.30. The van der Waals surface area contributed by atoms with Crippen molar-refractivity contribution < 1.29 is 9.53 Å². The number of carbonyl (C=O) groups is 1. The fourth-order valence-corrected chi connectivity index (χ4v) is 1.99. The van der Waals surface area contributed by atoms with Gasteiger partial charge in [-0.2, -0.15) is 0 Å². The number of methoxy groups -OCH3 is 1. The highest BCUT2D eigenvalue weighted by Gasteiger charge is 2.32. The molecule has 20 heavy (non-hydrogen) atoms. The van der Waals surface area contributed by atoms with Crippen LogP contribution in [0.15, 0.2) is 24.3 Å². The lowest BCUT2D eigenvalue weighted by atomic mass is 10.0. The van der Waals surface area contributed by atoms with Gasteiger partial charge in [0.15, 0.2) is 0 Å². The minimum absolute atomic E-state index is 0.129. The number of nitrogens with zero attached hydrogens (tertiary/aromatic N) is 1. The van der Waals surface area contributed by atoms with Crippen LogP contribution >= 0.6 is 0 Å². The Bertz CT molecular complexity index is 569. The van der Waals surface area contributed by atoms with Crippen molar-refractivity contribution >= 4 is 16.9 Å². The number of benzene rings is 1. The van der Waals surface area contributed by atoms with Crippen molar-refractivity contribution in [2.45, 2.75) is 38.8 Å². The zero-order valence-corrected chi connectivity index (χ0v) is 12.4. The zero-order chi connectivity index (χ0) is 14.8. The van der Waals surface area contributed by atoms with E-state index in [2.05, 4.69) is 15.3 Å². The van der Waals surface area contributed by atoms with Gasteiger partial charge in [0.25, 0.3) is 5.91 Å². The smallest absolute Gasteiger partial charge is 0.252 e. The predicted octanol–water partition coefficient (Wildman–Crippen LogP) is 2.56. The van der Waals surface area contributed by atoms with Gasteiger partial charge in [0.05, 0.1) is 17.1 Å². The summed E-state index contributed by atoms with van der Waals surface area (Å²) in [6.07, 6.45) is 0.613. The summed E-state index contributed by atoms with van der Waals surface area (Å²) in [5.74, 6) is 0.615. The van der Waals surface area contributed by atoms with Crippen LogP contribution in [0.1, 0.15) is 39.1 Å². The molecule has 0 aliphatic rings. The van der Waals surface area contributed by atoms with E-state index >= 15 is 0 Å². The number of para-hydroxylation sites is 2. The van der Waals surface area contributed by atoms with Crippen LogP contribution in [0.25, 0.3) is 11.0 Å². The second-order valence-electron chi connectivity index (χ2n) is 5.12. The number of aromatic nitrogens is 2. The highest BCUT2D eigenvalue weighted by atomic mass is 16.5. The maximum absolute atomic E-state index is 12.2. The average Bonchev–Trinajstić information content (AvgIpc) is 2.90. The summed E-state index contributed by atoms with van der Waals surface area (Å²) in [5, 5.41) is 2.94. The van der Waals surface area contributed by atoms with Gasteiger partial charge in [-0.1, -0.05) is 19.1 Å². The Hall–Kier alpha value is -1.88. The van der Waals surface area contributed by atoms with Gasteiger partial charge in [0.1, 0.15) is 11.4 Å². The van der Waals surface area contributed by atoms with Crippen LogP contribution in [0.2, 0.25) is 0 Å². The summed E-state index contributed by atoms with van der Waals surface area (Å²) in [4.78, 5) is 20.0. The van der Waals surface area contributed by atoms with E-state index < -0.39 is 5.60 Å². The molecule has 108 valence electrons. The summed E-state index contributed by atoms with van der Waals surface area (Å²) in [5.41, 5.74) is 1.06. The number of hydrogen-bond donors (Lipinski definition) is 2. The van der Waals surface area contributed by atoms with E-state index in [1.165, 1.54) is 0 Å². The molecule has 2 atom stereocenters. The SMILES string of the molecule is CCC(C)(OC)C(=O)NC(C)c1nc2ccccc2[nH]1. The second kappa shape index (κ2) is 5.63. The van der Waals surface area contributed by atoms with Crippen LogP contribution in [-0.4, -0.2) is 28.6 Å². The van der Waals surface area contributed by atoms with Gasteiger partial charge < -0.3 is 15.0 Å². The van der Waals surface area contributed by atoms with Crippen molar-refractivity contribution in [3.05, 3.63) is 30.1 Å². The molecule has 5 nitrogen and oxygen atoms in total. The fraction of sp³-hybridized carbons (Fsp3) is 0.467. The molecule has 2 rings (SSSR count). The van der Waals surface area contributed by atoms with E-state index in [1.807, 2.05) is 38.1 Å². The standard InChI is InChI=1S/C15H21N3O2/c1-5-15(3,20-4)14(19)16-10(2)13-17-11-8-6-7-9-12(11)18-13/h6-10H,5H2,1-4H3,(H,16,19)(H,17,18). The third kappa shape index (κ3) is 2.67. The van der Waals surface area contributed by atoms with Crippen LogP contribution in [-0.2, 0) is 9.53 Å². The van der Waals surface area contributed by atoms with Crippen molar-refractivity contribution in [2.24, 2.45) is 0 Å². The molecule has 1 aromatic heterocycles. The van der Waals surface area contributed by atoms with Crippen molar-refractivity contribution in [2.75, 3.05) is 7.11 Å². The number of hydrogen-bond acceptors (Lipinski definition) is 3. The van der Waals surface area contributed by atoms with E-state index in [0.717, 1.165) is 16.9 Å². The van der Waals surface area contributed by atoms with Crippen LogP contribution in [0.5, 0.6) is 0 Å². The molecular formula is C15H21N3O2. The Labute approximate surface area is 118 Å². The molecule has 0 radical (unpaired) electrons. The molecule has 0 saturated carbocycles. The molecule has 1 amide bonds. The number of nitrogens with one attached hydrogen (secondary N) is 2. The highest BCUT2D eigenvalue weighted by molar-refractivity contribution is 5.85. The number of fused-ring (bicyclic) bond motifs is 1. The van der Waals surface area contributed by atoms with Gasteiger partial charge in [-0.05, 0) is 32.4 Å². The Balaban J connectivity index is 2.15. The monoisotopic (exact) mass is 275 g/mol. The Kier molecular flexibility index (Phi) is 4.09. The predicted molar refractivity (Wildman–Crippen MR) is 78.4 cm³/mol. The molecule has 0 fully saturated rings. The largest absolute Gasteiger partial charge is 0.369 e. The average molecular weight is 275 g/mol. The third-order valence-electron chi connectivity index (χ3n) is 3.77. The third-order valence-corrected chi connectivity index (χ3v) is 3.77. The first-order valence-corrected chi connectivity index (χ1v) is 6.81. The van der Waals surface area contributed by atoms with Gasteiger partial charge in [-0.15, -0.1) is 0 Å². The first-order chi connectivity index (χ1) is 9.50. The maximum atomic E-state index is 12.2. The molecule has 0 saturated heterocycles. The molecule has 2 aromatic rings.